The third-order valence-electron chi connectivity index (χ3n) is 4.99. The molecule has 1 amide bonds. The molecule has 0 N–H and O–H groups in total. The second-order valence-corrected chi connectivity index (χ2v) is 10.3. The van der Waals surface area contributed by atoms with E-state index in [1.807, 2.05) is 32.0 Å². The van der Waals surface area contributed by atoms with Gasteiger partial charge in [0.1, 0.15) is 5.75 Å². The lowest BCUT2D eigenvalue weighted by molar-refractivity contribution is -0.116. The van der Waals surface area contributed by atoms with Gasteiger partial charge in [0, 0.05) is 6.20 Å². The predicted octanol–water partition coefficient (Wildman–Crippen LogP) is 4.32. The average molecular weight is 452 g/mol. The topological polar surface area (TPSA) is 80.2 Å². The number of thiazole rings is 1. The van der Waals surface area contributed by atoms with Gasteiger partial charge in [-0.1, -0.05) is 35.6 Å². The summed E-state index contributed by atoms with van der Waals surface area (Å²) in [7, 11) is -3.78. The van der Waals surface area contributed by atoms with Gasteiger partial charge < -0.3 is 0 Å². The molecule has 4 rings (SSSR count). The van der Waals surface area contributed by atoms with E-state index in [2.05, 4.69) is 9.97 Å². The van der Waals surface area contributed by atoms with Crippen molar-refractivity contribution in [1.82, 2.24) is 9.97 Å². The van der Waals surface area contributed by atoms with E-state index in [0.717, 1.165) is 21.3 Å². The summed E-state index contributed by atoms with van der Waals surface area (Å²) in [5.74, 6) is -1.18. The molecule has 6 nitrogen and oxygen atoms in total. The lowest BCUT2D eigenvalue weighted by Crippen LogP contribution is -2.35. The van der Waals surface area contributed by atoms with Crippen molar-refractivity contribution in [3.05, 3.63) is 83.7 Å². The quantitative estimate of drug-likeness (QED) is 0.436. The molecule has 0 unspecified atom stereocenters. The van der Waals surface area contributed by atoms with Crippen LogP contribution in [0.2, 0.25) is 0 Å². The average Bonchev–Trinajstić information content (AvgIpc) is 3.15. The maximum Gasteiger partial charge on any atom is 0.244 e. The van der Waals surface area contributed by atoms with Crippen LogP contribution in [0.4, 0.5) is 5.13 Å². The summed E-state index contributed by atoms with van der Waals surface area (Å²) in [6.45, 7) is 4.18. The Morgan fingerprint density at radius 1 is 1.00 bits per heavy atom. The van der Waals surface area contributed by atoms with Crippen LogP contribution in [-0.4, -0.2) is 30.0 Å². The molecule has 0 saturated heterocycles. The number of anilines is 1. The summed E-state index contributed by atoms with van der Waals surface area (Å²) in [6.07, 6.45) is 1.64. The third kappa shape index (κ3) is 4.65. The van der Waals surface area contributed by atoms with Gasteiger partial charge in [-0.3, -0.25) is 14.7 Å². The molecule has 4 aromatic rings. The van der Waals surface area contributed by atoms with Gasteiger partial charge >= 0.3 is 0 Å². The SMILES string of the molecule is Cc1cc2nc(N(Cc3ccccn3)C(=O)CS(=O)(=O)c3ccccc3)sc2cc1C. The molecule has 0 aliphatic heterocycles. The standard InChI is InChI=1S/C23H21N3O3S2/c1-16-12-20-21(13-17(16)2)30-23(25-20)26(14-18-8-6-7-11-24-18)22(27)15-31(28,29)19-9-4-3-5-10-19/h3-13H,14-15H2,1-2H3. The van der Waals surface area contributed by atoms with Gasteiger partial charge in [0.25, 0.3) is 0 Å². The zero-order valence-corrected chi connectivity index (χ0v) is 18.8. The van der Waals surface area contributed by atoms with E-state index in [1.54, 1.807) is 36.5 Å². The molecule has 0 radical (unpaired) electrons. The van der Waals surface area contributed by atoms with E-state index >= 15 is 0 Å². The highest BCUT2D eigenvalue weighted by molar-refractivity contribution is 7.92. The molecule has 0 atom stereocenters. The summed E-state index contributed by atoms with van der Waals surface area (Å²) in [6, 6.07) is 17.4. The van der Waals surface area contributed by atoms with Gasteiger partial charge in [0.2, 0.25) is 5.91 Å². The first-order valence-electron chi connectivity index (χ1n) is 9.69. The number of sulfone groups is 1. The van der Waals surface area contributed by atoms with Gasteiger partial charge in [-0.05, 0) is 61.4 Å². The fraction of sp³-hybridized carbons (Fsp3) is 0.174. The van der Waals surface area contributed by atoms with Crippen LogP contribution in [0.25, 0.3) is 10.2 Å². The Hall–Kier alpha value is -3.10. The molecule has 0 fully saturated rings. The third-order valence-corrected chi connectivity index (χ3v) is 7.65. The molecule has 0 spiro atoms. The van der Waals surface area contributed by atoms with Crippen LogP contribution in [0.1, 0.15) is 16.8 Å². The number of carbonyl (C=O) groups is 1. The highest BCUT2D eigenvalue weighted by Crippen LogP contribution is 2.32. The number of hydrogen-bond donors (Lipinski definition) is 0. The first-order chi connectivity index (χ1) is 14.8. The number of benzene rings is 2. The number of fused-ring (bicyclic) bond motifs is 1. The van der Waals surface area contributed by atoms with Crippen LogP contribution < -0.4 is 4.90 Å². The molecule has 31 heavy (non-hydrogen) atoms. The largest absolute Gasteiger partial charge is 0.281 e. The Bertz CT molecular complexity index is 1300. The van der Waals surface area contributed by atoms with Crippen LogP contribution in [0.5, 0.6) is 0 Å². The first-order valence-corrected chi connectivity index (χ1v) is 12.2. The number of aromatic nitrogens is 2. The van der Waals surface area contributed by atoms with Gasteiger partial charge in [-0.2, -0.15) is 0 Å². The maximum absolute atomic E-state index is 13.2. The predicted molar refractivity (Wildman–Crippen MR) is 123 cm³/mol. The van der Waals surface area contributed by atoms with Crippen LogP contribution in [0.15, 0.2) is 71.8 Å². The van der Waals surface area contributed by atoms with E-state index in [9.17, 15) is 13.2 Å². The summed E-state index contributed by atoms with van der Waals surface area (Å²) in [5.41, 5.74) is 3.68. The number of pyridine rings is 1. The monoisotopic (exact) mass is 451 g/mol. The van der Waals surface area contributed by atoms with E-state index in [4.69, 9.17) is 0 Å². The Labute approximate surface area is 185 Å². The van der Waals surface area contributed by atoms with Crippen molar-refractivity contribution in [2.45, 2.75) is 25.3 Å². The lowest BCUT2D eigenvalue weighted by Gasteiger charge is -2.19. The van der Waals surface area contributed by atoms with Crippen molar-refractivity contribution in [3.63, 3.8) is 0 Å². The molecule has 0 bridgehead atoms. The van der Waals surface area contributed by atoms with E-state index < -0.39 is 21.5 Å². The molecule has 0 aliphatic carbocycles. The molecule has 2 heterocycles. The van der Waals surface area contributed by atoms with Crippen molar-refractivity contribution in [2.75, 3.05) is 10.7 Å². The number of amides is 1. The fourth-order valence-corrected chi connectivity index (χ4v) is 5.43. The van der Waals surface area contributed by atoms with Crippen molar-refractivity contribution in [3.8, 4) is 0 Å². The van der Waals surface area contributed by atoms with Gasteiger partial charge in [0.05, 0.1) is 27.4 Å². The number of aryl methyl sites for hydroxylation is 2. The number of hydrogen-bond acceptors (Lipinski definition) is 6. The lowest BCUT2D eigenvalue weighted by atomic mass is 10.1. The van der Waals surface area contributed by atoms with Gasteiger partial charge in [-0.15, -0.1) is 0 Å². The van der Waals surface area contributed by atoms with E-state index in [-0.39, 0.29) is 11.4 Å². The Morgan fingerprint density at radius 2 is 1.71 bits per heavy atom. The van der Waals surface area contributed by atoms with Crippen molar-refractivity contribution in [2.24, 2.45) is 0 Å². The van der Waals surface area contributed by atoms with Crippen LogP contribution in [0.3, 0.4) is 0 Å². The van der Waals surface area contributed by atoms with Gasteiger partial charge in [-0.25, -0.2) is 13.4 Å². The van der Waals surface area contributed by atoms with Crippen LogP contribution >= 0.6 is 11.3 Å². The molecule has 2 aromatic carbocycles. The second-order valence-electron chi connectivity index (χ2n) is 7.27. The molecule has 8 heteroatoms. The van der Waals surface area contributed by atoms with Gasteiger partial charge in [0.15, 0.2) is 15.0 Å². The first kappa shape index (κ1) is 21.1. The van der Waals surface area contributed by atoms with Crippen LogP contribution in [-0.2, 0) is 21.2 Å². The van der Waals surface area contributed by atoms with Crippen molar-refractivity contribution >= 4 is 42.4 Å². The Kier molecular flexibility index (Phi) is 5.84. The molecule has 2 aromatic heterocycles. The molecule has 0 saturated carbocycles. The number of nitrogens with zero attached hydrogens (tertiary/aromatic N) is 3. The molecule has 158 valence electrons. The smallest absolute Gasteiger partial charge is 0.244 e. The van der Waals surface area contributed by atoms with E-state index in [0.29, 0.717) is 10.8 Å². The zero-order chi connectivity index (χ0) is 22.0. The molecular formula is C23H21N3O3S2. The summed E-state index contributed by atoms with van der Waals surface area (Å²) >= 11 is 1.37. The Morgan fingerprint density at radius 3 is 2.42 bits per heavy atom. The summed E-state index contributed by atoms with van der Waals surface area (Å²) in [5, 5.41) is 0.457. The van der Waals surface area contributed by atoms with Crippen molar-refractivity contribution < 1.29 is 13.2 Å². The minimum atomic E-state index is -3.78. The number of carbonyl (C=O) groups excluding carboxylic acids is 1. The second kappa shape index (κ2) is 8.56. The fourth-order valence-electron chi connectivity index (χ4n) is 3.15. The normalized spacial score (nSPS) is 11.5. The summed E-state index contributed by atoms with van der Waals surface area (Å²) in [4.78, 5) is 23.7. The highest BCUT2D eigenvalue weighted by Gasteiger charge is 2.27. The summed E-state index contributed by atoms with van der Waals surface area (Å²) < 4.78 is 26.6. The highest BCUT2D eigenvalue weighted by atomic mass is 32.2. The molecule has 0 aliphatic rings. The molecular weight excluding hydrogens is 430 g/mol. The zero-order valence-electron chi connectivity index (χ0n) is 17.1. The van der Waals surface area contributed by atoms with Crippen LogP contribution in [0, 0.1) is 13.8 Å². The van der Waals surface area contributed by atoms with E-state index in [1.165, 1.54) is 28.4 Å². The minimum Gasteiger partial charge on any atom is -0.281 e. The minimum absolute atomic E-state index is 0.122. The maximum atomic E-state index is 13.2. The van der Waals surface area contributed by atoms with Crippen molar-refractivity contribution in [1.29, 1.82) is 0 Å². The number of rotatable bonds is 6. The Balaban J connectivity index is 1.71.